The average Bonchev–Trinajstić information content (AvgIpc) is 3.30. The third-order valence-electron chi connectivity index (χ3n) is 5.66. The van der Waals surface area contributed by atoms with E-state index < -0.39 is 5.97 Å². The van der Waals surface area contributed by atoms with Crippen molar-refractivity contribution in [2.24, 2.45) is 0 Å². The molecule has 0 amide bonds. The molecule has 2 atom stereocenters. The van der Waals surface area contributed by atoms with Gasteiger partial charge in [0.2, 0.25) is 0 Å². The number of hydrogen-bond donors (Lipinski definition) is 1. The Morgan fingerprint density at radius 3 is 2.90 bits per heavy atom. The molecule has 5 nitrogen and oxygen atoms in total. The SMILES string of the molecule is C=CCCC(=O)c1cccc2c1CC[C@H]2Oc1ccc2c(c1)OCC2CC(=O)O. The van der Waals surface area contributed by atoms with Gasteiger partial charge in [-0.2, -0.15) is 0 Å². The molecule has 0 radical (unpaired) electrons. The van der Waals surface area contributed by atoms with E-state index >= 15 is 0 Å². The number of allylic oxidation sites excluding steroid dienone is 1. The van der Waals surface area contributed by atoms with Crippen molar-refractivity contribution in [2.45, 2.75) is 44.1 Å². The molecule has 5 heteroatoms. The van der Waals surface area contributed by atoms with Crippen LogP contribution in [0.3, 0.4) is 0 Å². The molecule has 1 unspecified atom stereocenters. The van der Waals surface area contributed by atoms with Crippen LogP contribution < -0.4 is 9.47 Å². The van der Waals surface area contributed by atoms with Gasteiger partial charge in [-0.25, -0.2) is 0 Å². The summed E-state index contributed by atoms with van der Waals surface area (Å²) < 4.78 is 11.9. The summed E-state index contributed by atoms with van der Waals surface area (Å²) in [5.41, 5.74) is 3.87. The lowest BCUT2D eigenvalue weighted by atomic mass is 9.97. The number of ether oxygens (including phenoxy) is 2. The van der Waals surface area contributed by atoms with E-state index in [0.29, 0.717) is 30.9 Å². The summed E-state index contributed by atoms with van der Waals surface area (Å²) in [7, 11) is 0. The largest absolute Gasteiger partial charge is 0.492 e. The van der Waals surface area contributed by atoms with Gasteiger partial charge in [-0.15, -0.1) is 6.58 Å². The standard InChI is InChI=1S/C24H24O5/c1-2-3-7-21(25)19-5-4-6-20-18(19)10-11-22(20)29-16-8-9-17-15(12-24(26)27)14-28-23(17)13-16/h2,4-6,8-9,13,15,22H,1,3,7,10-12,14H2,(H,26,27)/t15?,22-/m1/s1. The van der Waals surface area contributed by atoms with Gasteiger partial charge in [0.1, 0.15) is 17.6 Å². The molecule has 1 N–H and O–H groups in total. The second-order valence-corrected chi connectivity index (χ2v) is 7.57. The molecule has 1 aliphatic heterocycles. The number of carboxylic acid groups (broad SMARTS) is 1. The van der Waals surface area contributed by atoms with Crippen LogP contribution in [0.5, 0.6) is 11.5 Å². The van der Waals surface area contributed by atoms with E-state index in [9.17, 15) is 9.59 Å². The summed E-state index contributed by atoms with van der Waals surface area (Å²) in [5.74, 6) is 0.597. The summed E-state index contributed by atoms with van der Waals surface area (Å²) >= 11 is 0. The van der Waals surface area contributed by atoms with Crippen LogP contribution in [0.15, 0.2) is 49.1 Å². The monoisotopic (exact) mass is 392 g/mol. The molecule has 1 heterocycles. The van der Waals surface area contributed by atoms with Gasteiger partial charge in [0.05, 0.1) is 13.0 Å². The Kier molecular flexibility index (Phi) is 5.38. The van der Waals surface area contributed by atoms with Gasteiger partial charge in [0.15, 0.2) is 5.78 Å². The number of benzene rings is 2. The maximum Gasteiger partial charge on any atom is 0.304 e. The maximum absolute atomic E-state index is 12.5. The topological polar surface area (TPSA) is 72.8 Å². The molecule has 4 rings (SSSR count). The molecule has 2 aromatic carbocycles. The maximum atomic E-state index is 12.5. The number of carboxylic acids is 1. The minimum absolute atomic E-state index is 0.0614. The number of ketones is 1. The Labute approximate surface area is 170 Å². The molecule has 2 aromatic rings. The van der Waals surface area contributed by atoms with E-state index in [1.54, 1.807) is 6.08 Å². The quantitative estimate of drug-likeness (QED) is 0.513. The first-order valence-electron chi connectivity index (χ1n) is 9.98. The van der Waals surface area contributed by atoms with Gasteiger partial charge in [-0.3, -0.25) is 9.59 Å². The molecule has 150 valence electrons. The minimum Gasteiger partial charge on any atom is -0.492 e. The number of Topliss-reactive ketones (excluding diaryl/α,β-unsaturated/α-hetero) is 1. The Morgan fingerprint density at radius 1 is 1.24 bits per heavy atom. The first-order chi connectivity index (χ1) is 14.1. The van der Waals surface area contributed by atoms with Crippen LogP contribution >= 0.6 is 0 Å². The number of aliphatic carboxylic acids is 1. The summed E-state index contributed by atoms with van der Waals surface area (Å²) in [6.45, 7) is 4.07. The highest BCUT2D eigenvalue weighted by Crippen LogP contribution is 2.41. The highest BCUT2D eigenvalue weighted by atomic mass is 16.5. The lowest BCUT2D eigenvalue weighted by Crippen LogP contribution is -2.07. The second kappa shape index (κ2) is 8.11. The van der Waals surface area contributed by atoms with Gasteiger partial charge in [0.25, 0.3) is 0 Å². The van der Waals surface area contributed by atoms with E-state index in [2.05, 4.69) is 6.58 Å². The Bertz CT molecular complexity index is 962. The van der Waals surface area contributed by atoms with Gasteiger partial charge in [-0.05, 0) is 36.5 Å². The van der Waals surface area contributed by atoms with E-state index in [-0.39, 0.29) is 24.2 Å². The molecule has 0 aromatic heterocycles. The first kappa shape index (κ1) is 19.2. The van der Waals surface area contributed by atoms with Crippen molar-refractivity contribution in [1.82, 2.24) is 0 Å². The zero-order valence-electron chi connectivity index (χ0n) is 16.2. The van der Waals surface area contributed by atoms with Crippen molar-refractivity contribution in [3.8, 4) is 11.5 Å². The van der Waals surface area contributed by atoms with Crippen LogP contribution in [0.25, 0.3) is 0 Å². The first-order valence-corrected chi connectivity index (χ1v) is 9.98. The summed E-state index contributed by atoms with van der Waals surface area (Å²) in [6.07, 6.45) is 4.52. The van der Waals surface area contributed by atoms with Crippen LogP contribution in [0.2, 0.25) is 0 Å². The predicted molar refractivity (Wildman–Crippen MR) is 109 cm³/mol. The molecule has 0 saturated heterocycles. The molecule has 1 aliphatic carbocycles. The predicted octanol–water partition coefficient (Wildman–Crippen LogP) is 4.85. The lowest BCUT2D eigenvalue weighted by Gasteiger charge is -2.16. The van der Waals surface area contributed by atoms with Crippen LogP contribution in [-0.4, -0.2) is 23.5 Å². The summed E-state index contributed by atoms with van der Waals surface area (Å²) in [4.78, 5) is 23.5. The van der Waals surface area contributed by atoms with Crippen LogP contribution in [0.1, 0.15) is 64.8 Å². The fourth-order valence-corrected chi connectivity index (χ4v) is 4.24. The smallest absolute Gasteiger partial charge is 0.304 e. The minimum atomic E-state index is -0.826. The van der Waals surface area contributed by atoms with E-state index in [1.807, 2.05) is 36.4 Å². The van der Waals surface area contributed by atoms with Crippen molar-refractivity contribution in [1.29, 1.82) is 0 Å². The zero-order valence-corrected chi connectivity index (χ0v) is 16.2. The third-order valence-corrected chi connectivity index (χ3v) is 5.66. The van der Waals surface area contributed by atoms with Crippen LogP contribution in [-0.2, 0) is 11.2 Å². The number of fused-ring (bicyclic) bond motifs is 2. The number of rotatable bonds is 8. The van der Waals surface area contributed by atoms with Crippen molar-refractivity contribution in [3.63, 3.8) is 0 Å². The summed E-state index contributed by atoms with van der Waals surface area (Å²) in [5, 5.41) is 9.04. The molecule has 29 heavy (non-hydrogen) atoms. The molecular formula is C24H24O5. The van der Waals surface area contributed by atoms with Crippen LogP contribution in [0.4, 0.5) is 0 Å². The number of carbonyl (C=O) groups excluding carboxylic acids is 1. The van der Waals surface area contributed by atoms with Gasteiger partial charge < -0.3 is 14.6 Å². The average molecular weight is 392 g/mol. The highest BCUT2D eigenvalue weighted by molar-refractivity contribution is 5.98. The van der Waals surface area contributed by atoms with Crippen LogP contribution in [0, 0.1) is 0 Å². The van der Waals surface area contributed by atoms with Crippen molar-refractivity contribution in [2.75, 3.05) is 6.61 Å². The van der Waals surface area contributed by atoms with E-state index in [0.717, 1.165) is 35.1 Å². The summed E-state index contributed by atoms with van der Waals surface area (Å²) in [6, 6.07) is 11.5. The Hall–Kier alpha value is -3.08. The fourth-order valence-electron chi connectivity index (χ4n) is 4.24. The number of hydrogen-bond acceptors (Lipinski definition) is 4. The van der Waals surface area contributed by atoms with E-state index in [1.165, 1.54) is 0 Å². The second-order valence-electron chi connectivity index (χ2n) is 7.57. The van der Waals surface area contributed by atoms with E-state index in [4.69, 9.17) is 14.6 Å². The normalized spacial score (nSPS) is 19.2. The Balaban J connectivity index is 1.51. The van der Waals surface area contributed by atoms with Gasteiger partial charge >= 0.3 is 5.97 Å². The van der Waals surface area contributed by atoms with Crippen molar-refractivity contribution < 1.29 is 24.2 Å². The fraction of sp³-hybridized carbons (Fsp3) is 0.333. The molecule has 0 spiro atoms. The zero-order chi connectivity index (χ0) is 20.4. The van der Waals surface area contributed by atoms with Gasteiger partial charge in [-0.1, -0.05) is 30.3 Å². The molecule has 0 bridgehead atoms. The third kappa shape index (κ3) is 3.90. The highest BCUT2D eigenvalue weighted by Gasteiger charge is 2.30. The van der Waals surface area contributed by atoms with Crippen molar-refractivity contribution in [3.05, 3.63) is 71.3 Å². The molecule has 0 saturated carbocycles. The van der Waals surface area contributed by atoms with Crippen molar-refractivity contribution >= 4 is 11.8 Å². The molecule has 2 aliphatic rings. The molecular weight excluding hydrogens is 368 g/mol. The lowest BCUT2D eigenvalue weighted by molar-refractivity contribution is -0.137. The van der Waals surface area contributed by atoms with Gasteiger partial charge in [0, 0.05) is 29.5 Å². The Morgan fingerprint density at radius 2 is 2.10 bits per heavy atom. The number of carbonyl (C=O) groups is 2. The molecule has 0 fully saturated rings.